The molecule has 0 saturated heterocycles. The lowest BCUT2D eigenvalue weighted by molar-refractivity contribution is -0.137. The molecule has 5 rings (SSSR count). The number of rotatable bonds is 5. The molecule has 2 N–H and O–H groups in total. The molecule has 0 spiro atoms. The molecular formula is C25H24F3N5O. The molecular weight excluding hydrogens is 443 g/mol. The Bertz CT molecular complexity index is 1330. The Morgan fingerprint density at radius 2 is 1.85 bits per heavy atom. The van der Waals surface area contributed by atoms with Crippen molar-refractivity contribution in [3.63, 3.8) is 0 Å². The number of anilines is 2. The minimum atomic E-state index is -4.47. The molecule has 1 aliphatic heterocycles. The number of hydrogen-bond acceptors (Lipinski definition) is 5. The van der Waals surface area contributed by atoms with Gasteiger partial charge < -0.3 is 15.4 Å². The standard InChI is InChI=1S/C25H24F3N5O/c1-2-34-22-8-6-18(25(26,27)28)15-21(22)20-4-3-13-33-23(20)31-24(32-33)30-19-7-5-16-9-11-29-12-10-17(16)14-19/h3-8,13-15,29H,2,9-12H2,1H3,(H,30,32). The lowest BCUT2D eigenvalue weighted by Crippen LogP contribution is -2.16. The average molecular weight is 467 g/mol. The third-order valence-corrected chi connectivity index (χ3v) is 5.86. The fraction of sp³-hybridized carbons (Fsp3) is 0.280. The third-order valence-electron chi connectivity index (χ3n) is 5.86. The highest BCUT2D eigenvalue weighted by atomic mass is 19.4. The van der Waals surface area contributed by atoms with Crippen molar-refractivity contribution in [3.05, 3.63) is 71.4 Å². The molecule has 0 unspecified atom stereocenters. The first-order valence-corrected chi connectivity index (χ1v) is 11.2. The first kappa shape index (κ1) is 22.2. The van der Waals surface area contributed by atoms with E-state index < -0.39 is 11.7 Å². The lowest BCUT2D eigenvalue weighted by atomic mass is 10.0. The molecule has 0 radical (unpaired) electrons. The van der Waals surface area contributed by atoms with Crippen LogP contribution in [0.5, 0.6) is 5.75 Å². The molecule has 4 aromatic rings. The maximum atomic E-state index is 13.4. The van der Waals surface area contributed by atoms with Crippen LogP contribution in [0.3, 0.4) is 0 Å². The minimum Gasteiger partial charge on any atom is -0.493 e. The van der Waals surface area contributed by atoms with Crippen molar-refractivity contribution < 1.29 is 17.9 Å². The molecule has 2 aromatic carbocycles. The second-order valence-electron chi connectivity index (χ2n) is 8.13. The van der Waals surface area contributed by atoms with E-state index in [2.05, 4.69) is 32.8 Å². The molecule has 0 fully saturated rings. The minimum absolute atomic E-state index is 0.318. The Morgan fingerprint density at radius 3 is 2.65 bits per heavy atom. The van der Waals surface area contributed by atoms with Gasteiger partial charge in [0.1, 0.15) is 5.75 Å². The molecule has 9 heteroatoms. The maximum absolute atomic E-state index is 13.4. The fourth-order valence-corrected chi connectivity index (χ4v) is 4.25. The van der Waals surface area contributed by atoms with Gasteiger partial charge in [-0.05, 0) is 86.4 Å². The Hall–Kier alpha value is -3.59. The molecule has 176 valence electrons. The van der Waals surface area contributed by atoms with E-state index in [1.807, 2.05) is 6.07 Å². The first-order chi connectivity index (χ1) is 16.4. The summed E-state index contributed by atoms with van der Waals surface area (Å²) in [5, 5.41) is 11.1. The van der Waals surface area contributed by atoms with Crippen molar-refractivity contribution in [1.29, 1.82) is 0 Å². The van der Waals surface area contributed by atoms with Gasteiger partial charge in [-0.1, -0.05) is 6.07 Å². The number of halogens is 3. The van der Waals surface area contributed by atoms with E-state index in [0.717, 1.165) is 43.8 Å². The van der Waals surface area contributed by atoms with E-state index in [9.17, 15) is 13.2 Å². The van der Waals surface area contributed by atoms with Crippen molar-refractivity contribution in [2.75, 3.05) is 25.0 Å². The van der Waals surface area contributed by atoms with Crippen LogP contribution in [0.25, 0.3) is 16.8 Å². The number of aromatic nitrogens is 3. The average Bonchev–Trinajstić information content (AvgIpc) is 3.07. The quantitative estimate of drug-likeness (QED) is 0.420. The topological polar surface area (TPSA) is 63.5 Å². The summed E-state index contributed by atoms with van der Waals surface area (Å²) < 4.78 is 47.4. The van der Waals surface area contributed by atoms with Crippen LogP contribution in [-0.2, 0) is 19.0 Å². The molecule has 0 saturated carbocycles. The summed E-state index contributed by atoms with van der Waals surface area (Å²) in [5.41, 5.74) is 3.99. The number of benzene rings is 2. The highest BCUT2D eigenvalue weighted by Crippen LogP contribution is 2.38. The van der Waals surface area contributed by atoms with Gasteiger partial charge in [0.25, 0.3) is 0 Å². The van der Waals surface area contributed by atoms with Crippen LogP contribution in [-0.4, -0.2) is 34.3 Å². The molecule has 34 heavy (non-hydrogen) atoms. The van der Waals surface area contributed by atoms with Crippen molar-refractivity contribution in [1.82, 2.24) is 19.9 Å². The largest absolute Gasteiger partial charge is 0.493 e. The number of fused-ring (bicyclic) bond motifs is 2. The second-order valence-corrected chi connectivity index (χ2v) is 8.13. The van der Waals surface area contributed by atoms with Crippen LogP contribution in [0, 0.1) is 0 Å². The van der Waals surface area contributed by atoms with Gasteiger partial charge in [0.2, 0.25) is 5.95 Å². The summed E-state index contributed by atoms with van der Waals surface area (Å²) in [6.45, 7) is 4.02. The van der Waals surface area contributed by atoms with Crippen LogP contribution in [0.1, 0.15) is 23.6 Å². The summed E-state index contributed by atoms with van der Waals surface area (Å²) in [7, 11) is 0. The van der Waals surface area contributed by atoms with E-state index in [-0.39, 0.29) is 0 Å². The maximum Gasteiger partial charge on any atom is 0.416 e. The number of alkyl halides is 3. The van der Waals surface area contributed by atoms with E-state index in [4.69, 9.17) is 4.74 Å². The Kier molecular flexibility index (Phi) is 5.87. The molecule has 6 nitrogen and oxygen atoms in total. The SMILES string of the molecule is CCOc1ccc(C(F)(F)F)cc1-c1cccn2nc(Nc3ccc4c(c3)CCNCC4)nc12. The van der Waals surface area contributed by atoms with Crippen molar-refractivity contribution in [3.8, 4) is 16.9 Å². The van der Waals surface area contributed by atoms with E-state index in [1.165, 1.54) is 17.2 Å². The van der Waals surface area contributed by atoms with Gasteiger partial charge in [0.15, 0.2) is 5.65 Å². The molecule has 1 aliphatic rings. The zero-order valence-corrected chi connectivity index (χ0v) is 18.6. The van der Waals surface area contributed by atoms with Crippen molar-refractivity contribution >= 4 is 17.3 Å². The highest BCUT2D eigenvalue weighted by molar-refractivity contribution is 5.82. The predicted molar refractivity (Wildman–Crippen MR) is 125 cm³/mol. The monoisotopic (exact) mass is 467 g/mol. The molecule has 2 aromatic heterocycles. The summed E-state index contributed by atoms with van der Waals surface area (Å²) in [5.74, 6) is 0.726. The highest BCUT2D eigenvalue weighted by Gasteiger charge is 2.31. The Labute approximate surface area is 194 Å². The van der Waals surface area contributed by atoms with Gasteiger partial charge in [-0.3, -0.25) is 0 Å². The lowest BCUT2D eigenvalue weighted by Gasteiger charge is -2.14. The first-order valence-electron chi connectivity index (χ1n) is 11.2. The van der Waals surface area contributed by atoms with Gasteiger partial charge in [-0.15, -0.1) is 5.10 Å². The van der Waals surface area contributed by atoms with E-state index in [1.54, 1.807) is 29.8 Å². The van der Waals surface area contributed by atoms with Gasteiger partial charge >= 0.3 is 6.18 Å². The van der Waals surface area contributed by atoms with Crippen LogP contribution < -0.4 is 15.4 Å². The van der Waals surface area contributed by atoms with E-state index >= 15 is 0 Å². The number of hydrogen-bond donors (Lipinski definition) is 2. The number of pyridine rings is 1. The number of nitrogens with one attached hydrogen (secondary N) is 2. The van der Waals surface area contributed by atoms with Crippen LogP contribution in [0.15, 0.2) is 54.7 Å². The Balaban J connectivity index is 1.53. The molecule has 0 bridgehead atoms. The third kappa shape index (κ3) is 4.43. The fourth-order valence-electron chi connectivity index (χ4n) is 4.25. The zero-order chi connectivity index (χ0) is 23.7. The van der Waals surface area contributed by atoms with Crippen molar-refractivity contribution in [2.24, 2.45) is 0 Å². The van der Waals surface area contributed by atoms with Gasteiger partial charge in [0, 0.05) is 23.0 Å². The summed E-state index contributed by atoms with van der Waals surface area (Å²) >= 11 is 0. The van der Waals surface area contributed by atoms with E-state index in [0.29, 0.717) is 35.1 Å². The van der Waals surface area contributed by atoms with Crippen LogP contribution >= 0.6 is 0 Å². The smallest absolute Gasteiger partial charge is 0.416 e. The summed E-state index contributed by atoms with van der Waals surface area (Å²) in [4.78, 5) is 4.60. The predicted octanol–water partition coefficient (Wildman–Crippen LogP) is 5.25. The number of ether oxygens (including phenoxy) is 1. The zero-order valence-electron chi connectivity index (χ0n) is 18.6. The Morgan fingerprint density at radius 1 is 1.03 bits per heavy atom. The van der Waals surface area contributed by atoms with Crippen LogP contribution in [0.2, 0.25) is 0 Å². The van der Waals surface area contributed by atoms with Crippen molar-refractivity contribution in [2.45, 2.75) is 25.9 Å². The second kappa shape index (κ2) is 8.98. The van der Waals surface area contributed by atoms with Gasteiger partial charge in [0.05, 0.1) is 12.2 Å². The molecule has 3 heterocycles. The summed E-state index contributed by atoms with van der Waals surface area (Å²) in [6.07, 6.45) is -0.812. The molecule has 0 atom stereocenters. The molecule has 0 aliphatic carbocycles. The molecule has 0 amide bonds. The number of nitrogens with zero attached hydrogens (tertiary/aromatic N) is 3. The van der Waals surface area contributed by atoms with Gasteiger partial charge in [-0.2, -0.15) is 18.2 Å². The normalized spacial score (nSPS) is 14.0. The summed E-state index contributed by atoms with van der Waals surface area (Å²) in [6, 6.07) is 13.1. The van der Waals surface area contributed by atoms with Gasteiger partial charge in [-0.25, -0.2) is 4.52 Å². The van der Waals surface area contributed by atoms with Crippen LogP contribution in [0.4, 0.5) is 24.8 Å².